The zero-order valence-electron chi connectivity index (χ0n) is 11.5. The van der Waals surface area contributed by atoms with E-state index in [0.29, 0.717) is 12.3 Å². The van der Waals surface area contributed by atoms with Crippen molar-refractivity contribution < 1.29 is 14.7 Å². The molecule has 0 bridgehead atoms. The lowest BCUT2D eigenvalue weighted by Crippen LogP contribution is -2.29. The van der Waals surface area contributed by atoms with Gasteiger partial charge >= 0.3 is 5.97 Å². The molecule has 0 aliphatic carbocycles. The largest absolute Gasteiger partial charge is 0.478 e. The molecule has 0 saturated carbocycles. The van der Waals surface area contributed by atoms with Crippen LogP contribution in [0.15, 0.2) is 24.3 Å². The molecule has 1 aliphatic heterocycles. The molecule has 1 heterocycles. The van der Waals surface area contributed by atoms with E-state index in [1.54, 1.807) is 24.1 Å². The summed E-state index contributed by atoms with van der Waals surface area (Å²) in [6.07, 6.45) is 2.81. The van der Waals surface area contributed by atoms with E-state index < -0.39 is 5.97 Å². The fraction of sp³-hybridized carbons (Fsp3) is 0.467. The number of benzene rings is 1. The van der Waals surface area contributed by atoms with Crippen LogP contribution in [0, 0.1) is 5.92 Å². The Hall–Kier alpha value is -1.49. The highest BCUT2D eigenvalue weighted by Crippen LogP contribution is 2.26. The van der Waals surface area contributed by atoms with E-state index in [1.165, 1.54) is 12.1 Å². The third-order valence-corrected chi connectivity index (χ3v) is 4.73. The molecule has 1 amide bonds. The van der Waals surface area contributed by atoms with Crippen LogP contribution in [-0.2, 0) is 4.79 Å². The van der Waals surface area contributed by atoms with Crippen molar-refractivity contribution in [2.45, 2.75) is 19.3 Å². The van der Waals surface area contributed by atoms with Gasteiger partial charge in [-0.15, -0.1) is 0 Å². The van der Waals surface area contributed by atoms with Gasteiger partial charge in [0.15, 0.2) is 0 Å². The highest BCUT2D eigenvalue weighted by atomic mass is 32.2. The van der Waals surface area contributed by atoms with Gasteiger partial charge in [-0.1, -0.05) is 0 Å². The Balaban J connectivity index is 1.96. The number of hydrogen-bond acceptors (Lipinski definition) is 3. The molecule has 1 saturated heterocycles. The number of thioether (sulfide) groups is 1. The Kier molecular flexibility index (Phi) is 5.06. The quantitative estimate of drug-likeness (QED) is 0.927. The van der Waals surface area contributed by atoms with Crippen LogP contribution in [0.3, 0.4) is 0 Å². The van der Waals surface area contributed by atoms with Crippen molar-refractivity contribution in [3.05, 3.63) is 29.8 Å². The number of rotatable bonds is 4. The molecule has 0 spiro atoms. The summed E-state index contributed by atoms with van der Waals surface area (Å²) in [6, 6.07) is 6.41. The Bertz CT molecular complexity index is 480. The van der Waals surface area contributed by atoms with Crippen LogP contribution in [0.2, 0.25) is 0 Å². The minimum Gasteiger partial charge on any atom is -0.478 e. The summed E-state index contributed by atoms with van der Waals surface area (Å²) in [4.78, 5) is 24.6. The van der Waals surface area contributed by atoms with Crippen LogP contribution >= 0.6 is 11.8 Å². The molecule has 1 aliphatic rings. The third kappa shape index (κ3) is 3.76. The Labute approximate surface area is 123 Å². The van der Waals surface area contributed by atoms with Crippen LogP contribution in [0.5, 0.6) is 0 Å². The number of aromatic carboxylic acids is 1. The number of hydrogen-bond donors (Lipinski definition) is 1. The second-order valence-electron chi connectivity index (χ2n) is 5.06. The maximum Gasteiger partial charge on any atom is 0.335 e. The van der Waals surface area contributed by atoms with Gasteiger partial charge in [0.2, 0.25) is 5.91 Å². The lowest BCUT2D eigenvalue weighted by atomic mass is 9.98. The van der Waals surface area contributed by atoms with E-state index in [1.807, 2.05) is 11.8 Å². The van der Waals surface area contributed by atoms with Crippen molar-refractivity contribution >= 4 is 29.3 Å². The summed E-state index contributed by atoms with van der Waals surface area (Å²) in [5.41, 5.74) is 0.976. The fourth-order valence-corrected chi connectivity index (χ4v) is 3.51. The number of carbonyl (C=O) groups excluding carboxylic acids is 1. The Morgan fingerprint density at radius 3 is 2.40 bits per heavy atom. The number of carboxylic acids is 1. The monoisotopic (exact) mass is 293 g/mol. The summed E-state index contributed by atoms with van der Waals surface area (Å²) < 4.78 is 0. The molecule has 1 fully saturated rings. The van der Waals surface area contributed by atoms with E-state index in [2.05, 4.69) is 0 Å². The van der Waals surface area contributed by atoms with E-state index in [0.717, 1.165) is 30.0 Å². The lowest BCUT2D eigenvalue weighted by molar-refractivity contribution is -0.119. The van der Waals surface area contributed by atoms with Crippen LogP contribution in [-0.4, -0.2) is 35.5 Å². The zero-order valence-corrected chi connectivity index (χ0v) is 12.4. The minimum atomic E-state index is -0.953. The second-order valence-corrected chi connectivity index (χ2v) is 6.29. The summed E-state index contributed by atoms with van der Waals surface area (Å²) in [6.45, 7) is 0. The molecule has 2 rings (SSSR count). The normalized spacial score (nSPS) is 15.8. The van der Waals surface area contributed by atoms with Crippen LogP contribution in [0.25, 0.3) is 0 Å². The Morgan fingerprint density at radius 1 is 1.25 bits per heavy atom. The minimum absolute atomic E-state index is 0.102. The van der Waals surface area contributed by atoms with Gasteiger partial charge in [-0.25, -0.2) is 4.79 Å². The molecule has 5 heteroatoms. The first-order valence-electron chi connectivity index (χ1n) is 6.75. The topological polar surface area (TPSA) is 57.6 Å². The first kappa shape index (κ1) is 14.9. The van der Waals surface area contributed by atoms with Gasteiger partial charge < -0.3 is 10.0 Å². The first-order valence-corrected chi connectivity index (χ1v) is 7.91. The second kappa shape index (κ2) is 6.79. The average molecular weight is 293 g/mol. The molecule has 1 aromatic carbocycles. The molecule has 20 heavy (non-hydrogen) atoms. The molecule has 4 nitrogen and oxygen atoms in total. The highest BCUT2D eigenvalue weighted by molar-refractivity contribution is 7.99. The van der Waals surface area contributed by atoms with Crippen LogP contribution < -0.4 is 4.90 Å². The van der Waals surface area contributed by atoms with E-state index >= 15 is 0 Å². The zero-order chi connectivity index (χ0) is 14.5. The summed E-state index contributed by atoms with van der Waals surface area (Å²) >= 11 is 1.95. The van der Waals surface area contributed by atoms with Gasteiger partial charge in [-0.05, 0) is 54.5 Å². The summed E-state index contributed by atoms with van der Waals surface area (Å²) in [7, 11) is 1.75. The number of nitrogens with zero attached hydrogens (tertiary/aromatic N) is 1. The van der Waals surface area contributed by atoms with Crippen molar-refractivity contribution in [2.24, 2.45) is 5.92 Å². The van der Waals surface area contributed by atoms with Crippen molar-refractivity contribution in [2.75, 3.05) is 23.5 Å². The Morgan fingerprint density at radius 2 is 1.85 bits per heavy atom. The molecular formula is C15H19NO3S. The van der Waals surface area contributed by atoms with Gasteiger partial charge in [-0.3, -0.25) is 4.79 Å². The standard InChI is InChI=1S/C15H19NO3S/c1-16(13-4-2-12(3-5-13)15(18)19)14(17)10-11-6-8-20-9-7-11/h2-5,11H,6-10H2,1H3,(H,18,19). The maximum absolute atomic E-state index is 12.2. The van der Waals surface area contributed by atoms with Gasteiger partial charge in [0.25, 0.3) is 0 Å². The molecule has 0 atom stereocenters. The van der Waals surface area contributed by atoms with Gasteiger partial charge in [0, 0.05) is 19.2 Å². The summed E-state index contributed by atoms with van der Waals surface area (Å²) in [5.74, 6) is 1.93. The first-order chi connectivity index (χ1) is 9.58. The van der Waals surface area contributed by atoms with Crippen LogP contribution in [0.1, 0.15) is 29.6 Å². The highest BCUT2D eigenvalue weighted by Gasteiger charge is 2.20. The molecule has 0 unspecified atom stereocenters. The van der Waals surface area contributed by atoms with Crippen molar-refractivity contribution in [1.82, 2.24) is 0 Å². The SMILES string of the molecule is CN(C(=O)CC1CCSCC1)c1ccc(C(=O)O)cc1. The maximum atomic E-state index is 12.2. The number of carboxylic acid groups (broad SMARTS) is 1. The van der Waals surface area contributed by atoms with E-state index in [9.17, 15) is 9.59 Å². The fourth-order valence-electron chi connectivity index (χ4n) is 2.31. The molecule has 0 aromatic heterocycles. The third-order valence-electron chi connectivity index (χ3n) is 3.68. The molecular weight excluding hydrogens is 274 g/mol. The predicted molar refractivity (Wildman–Crippen MR) is 81.5 cm³/mol. The number of anilines is 1. The average Bonchev–Trinajstić information content (AvgIpc) is 2.47. The predicted octanol–water partition coefficient (Wildman–Crippen LogP) is 2.88. The molecule has 1 aromatic rings. The number of carbonyl (C=O) groups is 2. The lowest BCUT2D eigenvalue weighted by Gasteiger charge is -2.24. The molecule has 0 radical (unpaired) electrons. The molecule has 1 N–H and O–H groups in total. The van der Waals surface area contributed by atoms with Crippen LogP contribution in [0.4, 0.5) is 5.69 Å². The smallest absolute Gasteiger partial charge is 0.335 e. The molecule has 108 valence electrons. The number of amides is 1. The van der Waals surface area contributed by atoms with Gasteiger partial charge in [-0.2, -0.15) is 11.8 Å². The van der Waals surface area contributed by atoms with Gasteiger partial charge in [0.1, 0.15) is 0 Å². The van der Waals surface area contributed by atoms with Crippen molar-refractivity contribution in [1.29, 1.82) is 0 Å². The summed E-state index contributed by atoms with van der Waals surface area (Å²) in [5, 5.41) is 8.86. The van der Waals surface area contributed by atoms with Crippen molar-refractivity contribution in [3.8, 4) is 0 Å². The van der Waals surface area contributed by atoms with E-state index in [4.69, 9.17) is 5.11 Å². The van der Waals surface area contributed by atoms with E-state index in [-0.39, 0.29) is 11.5 Å². The van der Waals surface area contributed by atoms with Gasteiger partial charge in [0.05, 0.1) is 5.56 Å². The van der Waals surface area contributed by atoms with Crippen molar-refractivity contribution in [3.63, 3.8) is 0 Å².